The lowest BCUT2D eigenvalue weighted by atomic mass is 10.1. The van der Waals surface area contributed by atoms with Gasteiger partial charge >= 0.3 is 5.97 Å². The Balaban J connectivity index is 1.85. The normalized spacial score (nSPS) is 17.9. The molecule has 0 aromatic rings. The van der Waals surface area contributed by atoms with Crippen LogP contribution in [0.2, 0.25) is 0 Å². The first-order chi connectivity index (χ1) is 7.29. The molecule has 88 valence electrons. The maximum absolute atomic E-state index is 10.2. The van der Waals surface area contributed by atoms with E-state index >= 15 is 0 Å². The molecule has 0 bridgehead atoms. The molecule has 0 unspecified atom stereocenters. The molecule has 0 aliphatic carbocycles. The Morgan fingerprint density at radius 3 is 2.60 bits per heavy atom. The number of piperidine rings is 1. The molecule has 0 aromatic heterocycles. The summed E-state index contributed by atoms with van der Waals surface area (Å²) in [6, 6.07) is 0. The van der Waals surface area contributed by atoms with Crippen LogP contribution in [0.4, 0.5) is 0 Å². The molecular weight excluding hydrogens is 192 g/mol. The molecule has 4 nitrogen and oxygen atoms in total. The van der Waals surface area contributed by atoms with Gasteiger partial charge in [0.1, 0.15) is 0 Å². The molecular formula is C11H22N2O2. The average Bonchev–Trinajstić information content (AvgIpc) is 2.24. The molecule has 1 saturated heterocycles. The van der Waals surface area contributed by atoms with Crippen LogP contribution in [0.25, 0.3) is 0 Å². The van der Waals surface area contributed by atoms with Crippen molar-refractivity contribution < 1.29 is 9.90 Å². The van der Waals surface area contributed by atoms with E-state index in [9.17, 15) is 4.79 Å². The van der Waals surface area contributed by atoms with Crippen LogP contribution in [0, 0.1) is 0 Å². The summed E-state index contributed by atoms with van der Waals surface area (Å²) in [5, 5.41) is 11.6. The predicted molar refractivity (Wildman–Crippen MR) is 60.0 cm³/mol. The topological polar surface area (TPSA) is 52.6 Å². The van der Waals surface area contributed by atoms with E-state index in [1.807, 2.05) is 0 Å². The fourth-order valence-electron chi connectivity index (χ4n) is 1.93. The average molecular weight is 214 g/mol. The van der Waals surface area contributed by atoms with Gasteiger partial charge in [0, 0.05) is 6.54 Å². The Kier molecular flexibility index (Phi) is 6.36. The number of aliphatic carboxylic acids is 1. The van der Waals surface area contributed by atoms with Gasteiger partial charge in [-0.1, -0.05) is 6.42 Å². The molecule has 0 aromatic carbocycles. The van der Waals surface area contributed by atoms with Gasteiger partial charge in [0.25, 0.3) is 0 Å². The van der Waals surface area contributed by atoms with E-state index in [-0.39, 0.29) is 6.42 Å². The highest BCUT2D eigenvalue weighted by Gasteiger charge is 2.08. The number of carbonyl (C=O) groups is 1. The van der Waals surface area contributed by atoms with Crippen LogP contribution in [0.15, 0.2) is 0 Å². The summed E-state index contributed by atoms with van der Waals surface area (Å²) in [5.41, 5.74) is 0. The summed E-state index contributed by atoms with van der Waals surface area (Å²) < 4.78 is 0. The van der Waals surface area contributed by atoms with Gasteiger partial charge in [-0.2, -0.15) is 0 Å². The molecule has 0 atom stereocenters. The van der Waals surface area contributed by atoms with E-state index in [0.717, 1.165) is 19.5 Å². The Hall–Kier alpha value is -0.610. The zero-order valence-electron chi connectivity index (χ0n) is 9.37. The number of hydrogen-bond donors (Lipinski definition) is 2. The number of nitrogens with one attached hydrogen (secondary N) is 1. The van der Waals surface area contributed by atoms with E-state index in [2.05, 4.69) is 10.2 Å². The smallest absolute Gasteiger partial charge is 0.304 e. The van der Waals surface area contributed by atoms with Crippen LogP contribution in [0.3, 0.4) is 0 Å². The van der Waals surface area contributed by atoms with Gasteiger partial charge in [-0.3, -0.25) is 4.79 Å². The van der Waals surface area contributed by atoms with Crippen molar-refractivity contribution in [3.8, 4) is 0 Å². The van der Waals surface area contributed by atoms with E-state index in [1.54, 1.807) is 0 Å². The van der Waals surface area contributed by atoms with Gasteiger partial charge < -0.3 is 15.3 Å². The fourth-order valence-corrected chi connectivity index (χ4v) is 1.93. The number of nitrogens with zero attached hydrogens (tertiary/aromatic N) is 1. The van der Waals surface area contributed by atoms with E-state index in [0.29, 0.717) is 6.54 Å². The minimum Gasteiger partial charge on any atom is -0.481 e. The molecule has 1 fully saturated rings. The van der Waals surface area contributed by atoms with Crippen molar-refractivity contribution in [2.75, 3.05) is 32.7 Å². The monoisotopic (exact) mass is 214 g/mol. The molecule has 1 heterocycles. The highest BCUT2D eigenvalue weighted by Crippen LogP contribution is 2.08. The summed E-state index contributed by atoms with van der Waals surface area (Å²) in [4.78, 5) is 12.7. The lowest BCUT2D eigenvalue weighted by Gasteiger charge is -2.26. The van der Waals surface area contributed by atoms with Crippen molar-refractivity contribution >= 4 is 5.97 Å². The van der Waals surface area contributed by atoms with Crippen molar-refractivity contribution in [3.05, 3.63) is 0 Å². The third-order valence-corrected chi connectivity index (χ3v) is 2.79. The Morgan fingerprint density at radius 1 is 1.20 bits per heavy atom. The first-order valence-corrected chi connectivity index (χ1v) is 5.94. The molecule has 0 saturated carbocycles. The SMILES string of the molecule is O=C(O)CCNCCCN1CCCCC1. The molecule has 4 heteroatoms. The van der Waals surface area contributed by atoms with Crippen LogP contribution >= 0.6 is 0 Å². The minimum atomic E-state index is -0.724. The molecule has 0 amide bonds. The second-order valence-electron chi connectivity index (χ2n) is 4.15. The highest BCUT2D eigenvalue weighted by atomic mass is 16.4. The van der Waals surface area contributed by atoms with Crippen LogP contribution in [-0.2, 0) is 4.79 Å². The Labute approximate surface area is 91.6 Å². The maximum Gasteiger partial charge on any atom is 0.304 e. The van der Waals surface area contributed by atoms with Crippen molar-refractivity contribution in [1.29, 1.82) is 0 Å². The number of likely N-dealkylation sites (tertiary alicyclic amines) is 1. The van der Waals surface area contributed by atoms with Crippen LogP contribution in [-0.4, -0.2) is 48.7 Å². The van der Waals surface area contributed by atoms with Gasteiger partial charge in [-0.05, 0) is 45.4 Å². The number of carboxylic acids is 1. The Morgan fingerprint density at radius 2 is 1.93 bits per heavy atom. The van der Waals surface area contributed by atoms with Crippen molar-refractivity contribution in [2.45, 2.75) is 32.1 Å². The van der Waals surface area contributed by atoms with Crippen LogP contribution < -0.4 is 5.32 Å². The molecule has 1 aliphatic heterocycles. The first kappa shape index (κ1) is 12.5. The largest absolute Gasteiger partial charge is 0.481 e. The second kappa shape index (κ2) is 7.65. The molecule has 0 spiro atoms. The first-order valence-electron chi connectivity index (χ1n) is 5.94. The van der Waals surface area contributed by atoms with Crippen LogP contribution in [0.1, 0.15) is 32.1 Å². The summed E-state index contributed by atoms with van der Waals surface area (Å²) >= 11 is 0. The van der Waals surface area contributed by atoms with Gasteiger partial charge in [0.05, 0.1) is 6.42 Å². The third-order valence-electron chi connectivity index (χ3n) is 2.79. The quantitative estimate of drug-likeness (QED) is 0.619. The third kappa shape index (κ3) is 6.47. The molecule has 1 rings (SSSR count). The van der Waals surface area contributed by atoms with E-state index in [4.69, 9.17) is 5.11 Å². The minimum absolute atomic E-state index is 0.226. The summed E-state index contributed by atoms with van der Waals surface area (Å²) in [6.07, 6.45) is 5.41. The number of carboxylic acid groups (broad SMARTS) is 1. The standard InChI is InChI=1S/C11H22N2O2/c14-11(15)5-7-12-6-4-10-13-8-2-1-3-9-13/h12H,1-10H2,(H,14,15). The van der Waals surface area contributed by atoms with Crippen molar-refractivity contribution in [3.63, 3.8) is 0 Å². The van der Waals surface area contributed by atoms with Gasteiger partial charge in [-0.15, -0.1) is 0 Å². The number of hydrogen-bond acceptors (Lipinski definition) is 3. The zero-order valence-corrected chi connectivity index (χ0v) is 9.37. The predicted octanol–water partition coefficient (Wildman–Crippen LogP) is 0.927. The zero-order chi connectivity index (χ0) is 10.9. The van der Waals surface area contributed by atoms with E-state index < -0.39 is 5.97 Å². The van der Waals surface area contributed by atoms with Crippen molar-refractivity contribution in [2.24, 2.45) is 0 Å². The van der Waals surface area contributed by atoms with Crippen molar-refractivity contribution in [1.82, 2.24) is 10.2 Å². The van der Waals surface area contributed by atoms with Gasteiger partial charge in [0.15, 0.2) is 0 Å². The molecule has 0 radical (unpaired) electrons. The lowest BCUT2D eigenvalue weighted by molar-refractivity contribution is -0.136. The highest BCUT2D eigenvalue weighted by molar-refractivity contribution is 5.66. The lowest BCUT2D eigenvalue weighted by Crippen LogP contribution is -2.32. The molecule has 2 N–H and O–H groups in total. The van der Waals surface area contributed by atoms with Gasteiger partial charge in [0.2, 0.25) is 0 Å². The number of rotatable bonds is 7. The fraction of sp³-hybridized carbons (Fsp3) is 0.909. The second-order valence-corrected chi connectivity index (χ2v) is 4.15. The summed E-state index contributed by atoms with van der Waals surface area (Å²) in [7, 11) is 0. The van der Waals surface area contributed by atoms with E-state index in [1.165, 1.54) is 32.4 Å². The van der Waals surface area contributed by atoms with Crippen LogP contribution in [0.5, 0.6) is 0 Å². The summed E-state index contributed by atoms with van der Waals surface area (Å²) in [5.74, 6) is -0.724. The van der Waals surface area contributed by atoms with Gasteiger partial charge in [-0.25, -0.2) is 0 Å². The molecule has 1 aliphatic rings. The molecule has 15 heavy (non-hydrogen) atoms. The maximum atomic E-state index is 10.2. The summed E-state index contributed by atoms with van der Waals surface area (Å²) in [6.45, 7) is 5.17. The Bertz CT molecular complexity index is 179.